The summed E-state index contributed by atoms with van der Waals surface area (Å²) in [6.45, 7) is 0. The summed E-state index contributed by atoms with van der Waals surface area (Å²) < 4.78 is 5.63. The Morgan fingerprint density at radius 1 is 0.697 bits per heavy atom. The summed E-state index contributed by atoms with van der Waals surface area (Å²) in [5, 5.41) is 0.582. The molecule has 0 radical (unpaired) electrons. The van der Waals surface area contributed by atoms with Crippen LogP contribution in [-0.2, 0) is 0 Å². The lowest BCUT2D eigenvalue weighted by Crippen LogP contribution is -2.29. The van der Waals surface area contributed by atoms with Gasteiger partial charge in [-0.1, -0.05) is 66.2 Å². The van der Waals surface area contributed by atoms with E-state index in [4.69, 9.17) is 16.3 Å². The number of ketones is 1. The molecule has 162 valence electrons. The smallest absolute Gasteiger partial charge is 0.410 e. The summed E-state index contributed by atoms with van der Waals surface area (Å²) in [5.41, 5.74) is 2.77. The van der Waals surface area contributed by atoms with Gasteiger partial charge in [0.2, 0.25) is 0 Å². The molecule has 0 heterocycles. The van der Waals surface area contributed by atoms with Gasteiger partial charge in [0.15, 0.2) is 5.78 Å². The molecule has 0 spiro atoms. The van der Waals surface area contributed by atoms with Crippen LogP contribution in [0.2, 0.25) is 5.02 Å². The Bertz CT molecular complexity index is 1210. The van der Waals surface area contributed by atoms with Gasteiger partial charge in [0.25, 0.3) is 0 Å². The number of hydrogen-bond acceptors (Lipinski definition) is 3. The normalized spacial score (nSPS) is 10.7. The van der Waals surface area contributed by atoms with Crippen LogP contribution in [0.15, 0.2) is 115 Å². The molecule has 0 aliphatic rings. The minimum absolute atomic E-state index is 0.122. The monoisotopic (exact) mass is 453 g/mol. The molecule has 0 N–H and O–H groups in total. The molecule has 0 atom stereocenters. The molecule has 5 heteroatoms. The van der Waals surface area contributed by atoms with E-state index in [2.05, 4.69) is 0 Å². The number of anilines is 2. The molecule has 33 heavy (non-hydrogen) atoms. The predicted molar refractivity (Wildman–Crippen MR) is 132 cm³/mol. The third-order valence-corrected chi connectivity index (χ3v) is 5.10. The van der Waals surface area contributed by atoms with E-state index in [1.165, 1.54) is 11.0 Å². The van der Waals surface area contributed by atoms with Crippen molar-refractivity contribution < 1.29 is 14.3 Å². The number of ether oxygens (including phenoxy) is 1. The second-order valence-corrected chi connectivity index (χ2v) is 7.58. The number of nitrogens with zero attached hydrogens (tertiary/aromatic N) is 1. The number of para-hydroxylation sites is 2. The highest BCUT2D eigenvalue weighted by molar-refractivity contribution is 6.30. The van der Waals surface area contributed by atoms with Crippen LogP contribution >= 0.6 is 11.6 Å². The Morgan fingerprint density at radius 3 is 1.79 bits per heavy atom. The number of amides is 1. The number of hydrogen-bond donors (Lipinski definition) is 0. The SMILES string of the molecule is O=C(C=Cc1ccc(OC(=O)N(c2ccccc2)c2ccccc2)cc1)c1ccc(Cl)cc1. The summed E-state index contributed by atoms with van der Waals surface area (Å²) in [6, 6.07) is 32.3. The van der Waals surface area contributed by atoms with E-state index >= 15 is 0 Å². The Kier molecular flexibility index (Phi) is 6.98. The first kappa shape index (κ1) is 22.1. The van der Waals surface area contributed by atoms with Gasteiger partial charge in [0.1, 0.15) is 5.75 Å². The molecule has 1 amide bonds. The van der Waals surface area contributed by atoms with E-state index in [0.717, 1.165) is 5.56 Å². The average Bonchev–Trinajstić information content (AvgIpc) is 2.85. The van der Waals surface area contributed by atoms with Crippen LogP contribution in [0.25, 0.3) is 6.08 Å². The molecule has 0 saturated carbocycles. The number of carbonyl (C=O) groups excluding carboxylic acids is 2. The highest BCUT2D eigenvalue weighted by Gasteiger charge is 2.20. The van der Waals surface area contributed by atoms with Gasteiger partial charge in [-0.15, -0.1) is 0 Å². The van der Waals surface area contributed by atoms with Gasteiger partial charge in [0, 0.05) is 10.6 Å². The third-order valence-electron chi connectivity index (χ3n) is 4.85. The maximum Gasteiger partial charge on any atom is 0.424 e. The van der Waals surface area contributed by atoms with Crippen LogP contribution in [-0.4, -0.2) is 11.9 Å². The zero-order valence-electron chi connectivity index (χ0n) is 17.6. The van der Waals surface area contributed by atoms with Crippen LogP contribution in [0.4, 0.5) is 16.2 Å². The van der Waals surface area contributed by atoms with Crippen molar-refractivity contribution in [1.29, 1.82) is 0 Å². The van der Waals surface area contributed by atoms with Crippen LogP contribution in [0, 0.1) is 0 Å². The van der Waals surface area contributed by atoms with Gasteiger partial charge < -0.3 is 4.74 Å². The Labute approximate surface area is 197 Å². The molecule has 4 rings (SSSR count). The van der Waals surface area contributed by atoms with E-state index in [-0.39, 0.29) is 5.78 Å². The lowest BCUT2D eigenvalue weighted by Gasteiger charge is -2.22. The van der Waals surface area contributed by atoms with Gasteiger partial charge >= 0.3 is 6.09 Å². The second kappa shape index (κ2) is 10.4. The summed E-state index contributed by atoms with van der Waals surface area (Å²) in [7, 11) is 0. The maximum atomic E-state index is 13.0. The number of rotatable bonds is 6. The van der Waals surface area contributed by atoms with Crippen LogP contribution < -0.4 is 9.64 Å². The average molecular weight is 454 g/mol. The number of allylic oxidation sites excluding steroid dienone is 1. The first-order valence-electron chi connectivity index (χ1n) is 10.3. The van der Waals surface area contributed by atoms with Gasteiger partial charge in [-0.2, -0.15) is 0 Å². The Balaban J connectivity index is 1.46. The third kappa shape index (κ3) is 5.76. The van der Waals surface area contributed by atoms with Crippen LogP contribution in [0.3, 0.4) is 0 Å². The standard InChI is InChI=1S/C28H20ClNO3/c29-23-16-14-22(15-17-23)27(31)20-13-21-11-18-26(19-12-21)33-28(32)30(24-7-3-1-4-8-24)25-9-5-2-6-10-25/h1-20H. The molecule has 0 aliphatic heterocycles. The van der Waals surface area contributed by atoms with E-state index in [0.29, 0.717) is 27.7 Å². The maximum absolute atomic E-state index is 13.0. The first-order valence-corrected chi connectivity index (χ1v) is 10.7. The molecule has 4 aromatic carbocycles. The van der Waals surface area contributed by atoms with Crippen molar-refractivity contribution in [2.24, 2.45) is 0 Å². The zero-order chi connectivity index (χ0) is 23.0. The van der Waals surface area contributed by atoms with Gasteiger partial charge in [-0.05, 0) is 72.3 Å². The lowest BCUT2D eigenvalue weighted by atomic mass is 10.1. The number of carbonyl (C=O) groups is 2. The van der Waals surface area contributed by atoms with Crippen molar-refractivity contribution in [3.63, 3.8) is 0 Å². The van der Waals surface area contributed by atoms with Gasteiger partial charge in [-0.3, -0.25) is 4.79 Å². The summed E-state index contributed by atoms with van der Waals surface area (Å²) in [4.78, 5) is 26.8. The molecule has 0 fully saturated rings. The van der Waals surface area contributed by atoms with Gasteiger partial charge in [-0.25, -0.2) is 9.69 Å². The minimum Gasteiger partial charge on any atom is -0.410 e. The lowest BCUT2D eigenvalue weighted by molar-refractivity contribution is 0.104. The minimum atomic E-state index is -0.520. The molecule has 4 aromatic rings. The fraction of sp³-hybridized carbons (Fsp3) is 0. The topological polar surface area (TPSA) is 46.6 Å². The second-order valence-electron chi connectivity index (χ2n) is 7.15. The van der Waals surface area contributed by atoms with Gasteiger partial charge in [0.05, 0.1) is 11.4 Å². The zero-order valence-corrected chi connectivity index (χ0v) is 18.4. The molecular weight excluding hydrogens is 434 g/mol. The summed E-state index contributed by atoms with van der Waals surface area (Å²) in [5.74, 6) is 0.279. The highest BCUT2D eigenvalue weighted by Crippen LogP contribution is 2.27. The molecule has 0 aromatic heterocycles. The highest BCUT2D eigenvalue weighted by atomic mass is 35.5. The van der Waals surface area contributed by atoms with Crippen molar-refractivity contribution in [2.45, 2.75) is 0 Å². The molecule has 0 aliphatic carbocycles. The van der Waals surface area contributed by atoms with Crippen LogP contribution in [0.1, 0.15) is 15.9 Å². The molecule has 0 unspecified atom stereocenters. The van der Waals surface area contributed by atoms with Crippen molar-refractivity contribution >= 4 is 40.9 Å². The Hall–Kier alpha value is -4.15. The fourth-order valence-corrected chi connectivity index (χ4v) is 3.32. The Morgan fingerprint density at radius 2 is 1.24 bits per heavy atom. The number of halogens is 1. The fourth-order valence-electron chi connectivity index (χ4n) is 3.19. The largest absolute Gasteiger partial charge is 0.424 e. The predicted octanol–water partition coefficient (Wildman–Crippen LogP) is 7.57. The van der Waals surface area contributed by atoms with E-state index in [1.807, 2.05) is 60.7 Å². The van der Waals surface area contributed by atoms with Crippen molar-refractivity contribution in [3.05, 3.63) is 131 Å². The number of benzene rings is 4. The molecule has 4 nitrogen and oxygen atoms in total. The van der Waals surface area contributed by atoms with Crippen LogP contribution in [0.5, 0.6) is 5.75 Å². The summed E-state index contributed by atoms with van der Waals surface area (Å²) >= 11 is 5.86. The van der Waals surface area contributed by atoms with Crippen molar-refractivity contribution in [3.8, 4) is 5.75 Å². The van der Waals surface area contributed by atoms with Crippen molar-refractivity contribution in [1.82, 2.24) is 0 Å². The summed E-state index contributed by atoms with van der Waals surface area (Å²) in [6.07, 6.45) is 2.69. The van der Waals surface area contributed by atoms with E-state index in [1.54, 1.807) is 54.6 Å². The first-order chi connectivity index (χ1) is 16.1. The molecule has 0 bridgehead atoms. The van der Waals surface area contributed by atoms with E-state index < -0.39 is 6.09 Å². The van der Waals surface area contributed by atoms with Crippen molar-refractivity contribution in [2.75, 3.05) is 4.90 Å². The molecular formula is C28H20ClNO3. The van der Waals surface area contributed by atoms with E-state index in [9.17, 15) is 9.59 Å². The molecule has 0 saturated heterocycles. The quantitative estimate of drug-likeness (QED) is 0.223.